The summed E-state index contributed by atoms with van der Waals surface area (Å²) >= 11 is 0. The lowest BCUT2D eigenvalue weighted by atomic mass is 9.95. The van der Waals surface area contributed by atoms with Gasteiger partial charge in [-0.2, -0.15) is 10.5 Å². The summed E-state index contributed by atoms with van der Waals surface area (Å²) in [5.41, 5.74) is 9.33. The Balaban J connectivity index is 2.20. The molecular weight excluding hydrogens is 208 g/mol. The first-order chi connectivity index (χ1) is 8.36. The minimum absolute atomic E-state index is 1.07. The van der Waals surface area contributed by atoms with Crippen molar-refractivity contribution in [3.8, 4) is 0 Å². The van der Waals surface area contributed by atoms with E-state index in [4.69, 9.17) is 0 Å². The van der Waals surface area contributed by atoms with E-state index in [1.54, 1.807) is 0 Å². The maximum atomic E-state index is 4.35. The Kier molecular flexibility index (Phi) is 4.18. The van der Waals surface area contributed by atoms with Crippen molar-refractivity contribution in [1.82, 2.24) is 5.43 Å². The van der Waals surface area contributed by atoms with Crippen LogP contribution < -0.4 is 5.43 Å². The van der Waals surface area contributed by atoms with E-state index in [1.807, 2.05) is 0 Å². The predicted octanol–water partition coefficient (Wildman–Crippen LogP) is 4.17. The summed E-state index contributed by atoms with van der Waals surface area (Å²) in [6.45, 7) is 4.45. The van der Waals surface area contributed by atoms with Gasteiger partial charge in [-0.25, -0.2) is 0 Å². The van der Waals surface area contributed by atoms with Gasteiger partial charge in [0.05, 0.1) is 11.4 Å². The van der Waals surface area contributed by atoms with Crippen molar-refractivity contribution in [3.63, 3.8) is 0 Å². The number of unbranched alkanes of at least 4 members (excludes halogenated alkanes) is 2. The van der Waals surface area contributed by atoms with Crippen LogP contribution in [0, 0.1) is 0 Å². The number of hydrogen-bond acceptors (Lipinski definition) is 1. The molecule has 0 bridgehead atoms. The van der Waals surface area contributed by atoms with Crippen molar-refractivity contribution >= 4 is 11.4 Å². The number of rotatable bonds is 6. The number of hydrogen-bond donors (Lipinski definition) is 0. The number of nitrogens with zero attached hydrogens (tertiary/aromatic N) is 2. The molecule has 0 fully saturated rings. The van der Waals surface area contributed by atoms with E-state index in [0.29, 0.717) is 0 Å². The SMILES string of the molecule is CCCCC1=N[N]c2cccc(CCCC)c21. The molecule has 0 amide bonds. The minimum Gasteiger partial charge on any atom is -0.154 e. The first kappa shape index (κ1) is 12.2. The van der Waals surface area contributed by atoms with Crippen molar-refractivity contribution < 1.29 is 0 Å². The number of benzene rings is 1. The minimum atomic E-state index is 1.07. The van der Waals surface area contributed by atoms with Crippen LogP contribution in [0.4, 0.5) is 5.69 Å². The molecule has 2 heteroatoms. The monoisotopic (exact) mass is 229 g/mol. The van der Waals surface area contributed by atoms with Crippen LogP contribution in [0.25, 0.3) is 0 Å². The molecule has 1 aromatic rings. The third-order valence-corrected chi connectivity index (χ3v) is 3.26. The molecule has 2 rings (SSSR count). The van der Waals surface area contributed by atoms with Crippen LogP contribution in [-0.2, 0) is 6.42 Å². The summed E-state index contributed by atoms with van der Waals surface area (Å²) < 4.78 is 0. The van der Waals surface area contributed by atoms with E-state index in [1.165, 1.54) is 42.5 Å². The largest absolute Gasteiger partial charge is 0.154 e. The van der Waals surface area contributed by atoms with Gasteiger partial charge in [0.25, 0.3) is 0 Å². The predicted molar refractivity (Wildman–Crippen MR) is 72.9 cm³/mol. The Labute approximate surface area is 104 Å². The Morgan fingerprint density at radius 1 is 1.00 bits per heavy atom. The van der Waals surface area contributed by atoms with Crippen LogP contribution in [0.15, 0.2) is 23.3 Å². The third kappa shape index (κ3) is 2.68. The fraction of sp³-hybridized carbons (Fsp3) is 0.533. The van der Waals surface area contributed by atoms with Gasteiger partial charge in [-0.15, -0.1) is 0 Å². The molecule has 0 unspecified atom stereocenters. The second-order valence-electron chi connectivity index (χ2n) is 4.67. The van der Waals surface area contributed by atoms with Crippen molar-refractivity contribution in [2.75, 3.05) is 0 Å². The Morgan fingerprint density at radius 2 is 1.76 bits per heavy atom. The van der Waals surface area contributed by atoms with Crippen LogP contribution in [-0.4, -0.2) is 5.71 Å². The van der Waals surface area contributed by atoms with Crippen molar-refractivity contribution in [2.45, 2.75) is 52.4 Å². The molecule has 1 aliphatic heterocycles. The molecule has 1 aliphatic rings. The average molecular weight is 229 g/mol. The van der Waals surface area contributed by atoms with Gasteiger partial charge in [-0.1, -0.05) is 38.8 Å². The van der Waals surface area contributed by atoms with Crippen LogP contribution in [0.1, 0.15) is 57.1 Å². The summed E-state index contributed by atoms with van der Waals surface area (Å²) in [6, 6.07) is 6.41. The molecule has 2 nitrogen and oxygen atoms in total. The van der Waals surface area contributed by atoms with E-state index >= 15 is 0 Å². The molecule has 0 saturated heterocycles. The highest BCUT2D eigenvalue weighted by molar-refractivity contribution is 6.07. The molecule has 0 spiro atoms. The summed E-state index contributed by atoms with van der Waals surface area (Å²) in [5, 5.41) is 4.35. The molecule has 91 valence electrons. The summed E-state index contributed by atoms with van der Waals surface area (Å²) in [4.78, 5) is 0. The molecule has 0 aromatic heterocycles. The quantitative estimate of drug-likeness (QED) is 0.700. The molecule has 0 atom stereocenters. The zero-order chi connectivity index (χ0) is 12.1. The Hall–Kier alpha value is -1.31. The first-order valence-electron chi connectivity index (χ1n) is 6.76. The van der Waals surface area contributed by atoms with Crippen LogP contribution in [0.2, 0.25) is 0 Å². The number of aryl methyl sites for hydroxylation is 1. The lowest BCUT2D eigenvalue weighted by molar-refractivity contribution is 0.793. The fourth-order valence-corrected chi connectivity index (χ4v) is 2.26. The first-order valence-corrected chi connectivity index (χ1v) is 6.76. The molecule has 17 heavy (non-hydrogen) atoms. The summed E-state index contributed by atoms with van der Waals surface area (Å²) in [7, 11) is 0. The maximum absolute atomic E-state index is 4.35. The van der Waals surface area contributed by atoms with Gasteiger partial charge >= 0.3 is 0 Å². The van der Waals surface area contributed by atoms with Gasteiger partial charge in [0.15, 0.2) is 0 Å². The van der Waals surface area contributed by atoms with E-state index < -0.39 is 0 Å². The van der Waals surface area contributed by atoms with Crippen LogP contribution in [0.5, 0.6) is 0 Å². The van der Waals surface area contributed by atoms with Gasteiger partial charge in [-0.3, -0.25) is 0 Å². The van der Waals surface area contributed by atoms with Crippen molar-refractivity contribution in [1.29, 1.82) is 0 Å². The normalized spacial score (nSPS) is 13.2. The van der Waals surface area contributed by atoms with Gasteiger partial charge < -0.3 is 0 Å². The smallest absolute Gasteiger partial charge is 0.0950 e. The average Bonchev–Trinajstić information content (AvgIpc) is 2.77. The van der Waals surface area contributed by atoms with Crippen LogP contribution >= 0.6 is 0 Å². The van der Waals surface area contributed by atoms with Gasteiger partial charge in [0.2, 0.25) is 0 Å². The second kappa shape index (κ2) is 5.85. The summed E-state index contributed by atoms with van der Waals surface area (Å²) in [5.74, 6) is 0. The molecule has 1 heterocycles. The molecule has 0 aliphatic carbocycles. The molecule has 0 N–H and O–H groups in total. The zero-order valence-electron chi connectivity index (χ0n) is 10.9. The lowest BCUT2D eigenvalue weighted by Gasteiger charge is -2.08. The summed E-state index contributed by atoms with van der Waals surface area (Å²) in [6.07, 6.45) is 7.12. The maximum Gasteiger partial charge on any atom is 0.0950 e. The molecule has 0 saturated carbocycles. The lowest BCUT2D eigenvalue weighted by Crippen LogP contribution is -2.02. The van der Waals surface area contributed by atoms with E-state index in [-0.39, 0.29) is 0 Å². The highest BCUT2D eigenvalue weighted by Gasteiger charge is 2.19. The second-order valence-corrected chi connectivity index (χ2v) is 4.67. The van der Waals surface area contributed by atoms with Gasteiger partial charge in [0.1, 0.15) is 0 Å². The Morgan fingerprint density at radius 3 is 2.53 bits per heavy atom. The number of fused-ring (bicyclic) bond motifs is 1. The van der Waals surface area contributed by atoms with Crippen LogP contribution in [0.3, 0.4) is 0 Å². The topological polar surface area (TPSA) is 26.5 Å². The van der Waals surface area contributed by atoms with E-state index in [9.17, 15) is 0 Å². The molecule has 1 aromatic carbocycles. The van der Waals surface area contributed by atoms with Crippen molar-refractivity contribution in [3.05, 3.63) is 29.3 Å². The van der Waals surface area contributed by atoms with Gasteiger partial charge in [-0.05, 0) is 37.3 Å². The third-order valence-electron chi connectivity index (χ3n) is 3.26. The van der Waals surface area contributed by atoms with E-state index in [0.717, 1.165) is 18.5 Å². The molecule has 1 radical (unpaired) electrons. The Bertz CT molecular complexity index is 407. The van der Waals surface area contributed by atoms with E-state index in [2.05, 4.69) is 42.6 Å². The zero-order valence-corrected chi connectivity index (χ0v) is 10.9. The fourth-order valence-electron chi connectivity index (χ4n) is 2.26. The molecular formula is C15H21N2. The standard InChI is InChI=1S/C15H21N2/c1-3-5-8-12-9-7-11-14-15(12)13(16-17-14)10-6-4-2/h7,9,11H,3-6,8,10H2,1-2H3. The van der Waals surface area contributed by atoms with Gasteiger partial charge in [0, 0.05) is 5.56 Å². The highest BCUT2D eigenvalue weighted by atomic mass is 15.3. The van der Waals surface area contributed by atoms with Crippen molar-refractivity contribution in [2.24, 2.45) is 5.10 Å². The highest BCUT2D eigenvalue weighted by Crippen LogP contribution is 2.29.